The van der Waals surface area contributed by atoms with Crippen LogP contribution in [0.25, 0.3) is 0 Å². The first-order valence-corrected chi connectivity index (χ1v) is 8.59. The fourth-order valence-corrected chi connectivity index (χ4v) is 2.84. The summed E-state index contributed by atoms with van der Waals surface area (Å²) < 4.78 is 5.50. The molecule has 0 unspecified atom stereocenters. The molecule has 2 rings (SSSR count). The number of amides is 1. The second kappa shape index (κ2) is 8.41. The Morgan fingerprint density at radius 1 is 1.43 bits per heavy atom. The van der Waals surface area contributed by atoms with Gasteiger partial charge in [-0.2, -0.15) is 0 Å². The molecular weight excluding hydrogens is 284 g/mol. The highest BCUT2D eigenvalue weighted by molar-refractivity contribution is 7.98. The maximum atomic E-state index is 11.9. The first-order chi connectivity index (χ1) is 10.2. The molecule has 1 atom stereocenters. The van der Waals surface area contributed by atoms with Crippen molar-refractivity contribution >= 4 is 17.7 Å². The molecule has 1 aliphatic heterocycles. The predicted octanol–water partition coefficient (Wildman–Crippen LogP) is 2.14. The Morgan fingerprint density at radius 3 is 2.81 bits per heavy atom. The molecule has 1 fully saturated rings. The zero-order chi connectivity index (χ0) is 15.1. The predicted molar refractivity (Wildman–Crippen MR) is 86.5 cm³/mol. The van der Waals surface area contributed by atoms with Crippen molar-refractivity contribution in [2.75, 3.05) is 33.0 Å². The molecule has 0 saturated carbocycles. The lowest BCUT2D eigenvalue weighted by molar-refractivity contribution is -0.122. The van der Waals surface area contributed by atoms with Crippen LogP contribution in [0.1, 0.15) is 18.4 Å². The normalized spacial score (nSPS) is 18.1. The number of ether oxygens (including phenoxy) is 1. The number of nitrogens with one attached hydrogen (secondary N) is 1. The van der Waals surface area contributed by atoms with Crippen molar-refractivity contribution in [3.05, 3.63) is 29.8 Å². The minimum absolute atomic E-state index is 0.0636. The number of thioether (sulfide) groups is 1. The van der Waals surface area contributed by atoms with Crippen LogP contribution in [-0.4, -0.2) is 49.9 Å². The number of hydrogen-bond donors (Lipinski definition) is 1. The Hall–Kier alpha value is -1.04. The van der Waals surface area contributed by atoms with E-state index < -0.39 is 0 Å². The highest BCUT2D eigenvalue weighted by Gasteiger charge is 2.16. The van der Waals surface area contributed by atoms with Crippen LogP contribution in [0, 0.1) is 0 Å². The van der Waals surface area contributed by atoms with Gasteiger partial charge >= 0.3 is 0 Å². The van der Waals surface area contributed by atoms with Crippen LogP contribution in [0.3, 0.4) is 0 Å². The summed E-state index contributed by atoms with van der Waals surface area (Å²) in [7, 11) is 1.97. The Balaban J connectivity index is 1.69. The summed E-state index contributed by atoms with van der Waals surface area (Å²) in [6, 6.07) is 8.47. The summed E-state index contributed by atoms with van der Waals surface area (Å²) in [4.78, 5) is 15.2. The van der Waals surface area contributed by atoms with Crippen LogP contribution < -0.4 is 5.32 Å². The molecule has 1 heterocycles. The lowest BCUT2D eigenvalue weighted by atomic mass is 10.2. The lowest BCUT2D eigenvalue weighted by Gasteiger charge is -2.17. The Morgan fingerprint density at radius 2 is 2.19 bits per heavy atom. The first-order valence-electron chi connectivity index (χ1n) is 7.37. The molecular formula is C16H24N2O2S. The summed E-state index contributed by atoms with van der Waals surface area (Å²) in [6.07, 6.45) is 4.43. The standard InChI is InChI=1S/C16H24N2O2S/c1-18(11-13-5-7-15(21-2)8-6-13)12-16(19)17-10-14-4-3-9-20-14/h5-8,14H,3-4,9-12H2,1-2H3,(H,17,19)/t14-/m1/s1. The zero-order valence-electron chi connectivity index (χ0n) is 12.8. The summed E-state index contributed by atoms with van der Waals surface area (Å²) in [5, 5.41) is 2.95. The van der Waals surface area contributed by atoms with E-state index in [1.807, 2.05) is 11.9 Å². The van der Waals surface area contributed by atoms with Gasteiger partial charge in [-0.05, 0) is 43.8 Å². The number of nitrogens with zero attached hydrogens (tertiary/aromatic N) is 1. The van der Waals surface area contributed by atoms with Crippen LogP contribution >= 0.6 is 11.8 Å². The molecule has 1 aliphatic rings. The maximum Gasteiger partial charge on any atom is 0.234 e. The van der Waals surface area contributed by atoms with E-state index in [0.29, 0.717) is 13.1 Å². The van der Waals surface area contributed by atoms with Crippen molar-refractivity contribution in [2.45, 2.75) is 30.4 Å². The highest BCUT2D eigenvalue weighted by atomic mass is 32.2. The van der Waals surface area contributed by atoms with Gasteiger partial charge in [0.2, 0.25) is 5.91 Å². The van der Waals surface area contributed by atoms with Gasteiger partial charge in [0.05, 0.1) is 12.6 Å². The number of rotatable bonds is 7. The summed E-state index contributed by atoms with van der Waals surface area (Å²) in [6.45, 7) is 2.65. The molecule has 0 radical (unpaired) electrons. The third-order valence-corrected chi connectivity index (χ3v) is 4.32. The molecule has 116 valence electrons. The molecule has 0 bridgehead atoms. The number of hydrogen-bond acceptors (Lipinski definition) is 4. The topological polar surface area (TPSA) is 41.6 Å². The largest absolute Gasteiger partial charge is 0.376 e. The number of benzene rings is 1. The van der Waals surface area contributed by atoms with E-state index in [1.165, 1.54) is 10.5 Å². The molecule has 1 N–H and O–H groups in total. The summed E-state index contributed by atoms with van der Waals surface area (Å²) >= 11 is 1.74. The third-order valence-electron chi connectivity index (χ3n) is 3.58. The average Bonchev–Trinajstić information content (AvgIpc) is 2.99. The van der Waals surface area contributed by atoms with E-state index in [4.69, 9.17) is 4.74 Å². The minimum atomic E-state index is 0.0636. The molecule has 0 spiro atoms. The van der Waals surface area contributed by atoms with Gasteiger partial charge in [-0.1, -0.05) is 12.1 Å². The highest BCUT2D eigenvalue weighted by Crippen LogP contribution is 2.15. The monoisotopic (exact) mass is 308 g/mol. The first kappa shape index (κ1) is 16.3. The van der Waals surface area contributed by atoms with Gasteiger partial charge < -0.3 is 10.1 Å². The molecule has 4 nitrogen and oxygen atoms in total. The van der Waals surface area contributed by atoms with Gasteiger partial charge in [-0.25, -0.2) is 0 Å². The van der Waals surface area contributed by atoms with Gasteiger partial charge in [0.25, 0.3) is 0 Å². The summed E-state index contributed by atoms with van der Waals surface area (Å²) in [5.41, 5.74) is 1.22. The fraction of sp³-hybridized carbons (Fsp3) is 0.562. The fourth-order valence-electron chi connectivity index (χ4n) is 2.43. The maximum absolute atomic E-state index is 11.9. The van der Waals surface area contributed by atoms with E-state index in [0.717, 1.165) is 26.0 Å². The molecule has 1 amide bonds. The van der Waals surface area contributed by atoms with Gasteiger partial charge in [0.1, 0.15) is 0 Å². The number of carbonyl (C=O) groups is 1. The molecule has 1 aromatic rings. The molecule has 1 saturated heterocycles. The van der Waals surface area contributed by atoms with Crippen molar-refractivity contribution in [1.82, 2.24) is 10.2 Å². The SMILES string of the molecule is CSc1ccc(CN(C)CC(=O)NC[C@H]2CCCO2)cc1. The van der Waals surface area contributed by atoms with Crippen molar-refractivity contribution in [1.29, 1.82) is 0 Å². The number of likely N-dealkylation sites (N-methyl/N-ethyl adjacent to an activating group) is 1. The van der Waals surface area contributed by atoms with Crippen molar-refractivity contribution in [3.63, 3.8) is 0 Å². The van der Waals surface area contributed by atoms with Gasteiger partial charge in [0, 0.05) is 24.6 Å². The quantitative estimate of drug-likeness (QED) is 0.784. The van der Waals surface area contributed by atoms with Crippen LogP contribution in [-0.2, 0) is 16.1 Å². The van der Waals surface area contributed by atoms with E-state index in [9.17, 15) is 4.79 Å². The second-order valence-corrected chi connectivity index (χ2v) is 6.34. The van der Waals surface area contributed by atoms with Crippen molar-refractivity contribution in [2.24, 2.45) is 0 Å². The van der Waals surface area contributed by atoms with Crippen LogP contribution in [0.2, 0.25) is 0 Å². The summed E-state index contributed by atoms with van der Waals surface area (Å²) in [5.74, 6) is 0.0636. The third kappa shape index (κ3) is 5.69. The number of carbonyl (C=O) groups excluding carboxylic acids is 1. The molecule has 21 heavy (non-hydrogen) atoms. The van der Waals surface area contributed by atoms with E-state index >= 15 is 0 Å². The van der Waals surface area contributed by atoms with Crippen LogP contribution in [0.15, 0.2) is 29.2 Å². The van der Waals surface area contributed by atoms with Crippen molar-refractivity contribution in [3.8, 4) is 0 Å². The lowest BCUT2D eigenvalue weighted by Crippen LogP contribution is -2.38. The van der Waals surface area contributed by atoms with E-state index in [-0.39, 0.29) is 12.0 Å². The van der Waals surface area contributed by atoms with Gasteiger partial charge in [-0.15, -0.1) is 11.8 Å². The van der Waals surface area contributed by atoms with Gasteiger partial charge in [-0.3, -0.25) is 9.69 Å². The Kier molecular flexibility index (Phi) is 6.54. The molecule has 0 aliphatic carbocycles. The average molecular weight is 308 g/mol. The molecule has 5 heteroatoms. The second-order valence-electron chi connectivity index (χ2n) is 5.46. The van der Waals surface area contributed by atoms with E-state index in [2.05, 4.69) is 35.8 Å². The van der Waals surface area contributed by atoms with Crippen LogP contribution in [0.4, 0.5) is 0 Å². The van der Waals surface area contributed by atoms with Crippen molar-refractivity contribution < 1.29 is 9.53 Å². The Bertz CT molecular complexity index is 444. The van der Waals surface area contributed by atoms with Gasteiger partial charge in [0.15, 0.2) is 0 Å². The van der Waals surface area contributed by atoms with E-state index in [1.54, 1.807) is 11.8 Å². The van der Waals surface area contributed by atoms with Crippen LogP contribution in [0.5, 0.6) is 0 Å². The zero-order valence-corrected chi connectivity index (χ0v) is 13.6. The molecule has 1 aromatic carbocycles. The smallest absolute Gasteiger partial charge is 0.234 e. The minimum Gasteiger partial charge on any atom is -0.376 e. The molecule has 0 aromatic heterocycles. The Labute approximate surface area is 131 Å².